The molecule has 3 aromatic rings. The summed E-state index contributed by atoms with van der Waals surface area (Å²) < 4.78 is 105. The van der Waals surface area contributed by atoms with Crippen LogP contribution in [-0.4, -0.2) is 24.0 Å². The Hall–Kier alpha value is -3.07. The average molecular weight is 514 g/mol. The van der Waals surface area contributed by atoms with E-state index in [4.69, 9.17) is 4.74 Å². The van der Waals surface area contributed by atoms with Crippen molar-refractivity contribution in [2.24, 2.45) is 0 Å². The molecule has 1 atom stereocenters. The minimum absolute atomic E-state index is 0.0433. The van der Waals surface area contributed by atoms with Crippen molar-refractivity contribution in [2.45, 2.75) is 50.1 Å². The van der Waals surface area contributed by atoms with Gasteiger partial charge in [-0.05, 0) is 46.7 Å². The van der Waals surface area contributed by atoms with Crippen LogP contribution in [0.1, 0.15) is 37.0 Å². The molecule has 36 heavy (non-hydrogen) atoms. The topological polar surface area (TPSA) is 29.5 Å². The molecular formula is C27H25F7O2. The van der Waals surface area contributed by atoms with E-state index in [1.54, 1.807) is 6.07 Å². The maximum atomic E-state index is 14.3. The van der Waals surface area contributed by atoms with Gasteiger partial charge >= 0.3 is 12.4 Å². The van der Waals surface area contributed by atoms with Crippen LogP contribution in [0.5, 0.6) is 5.75 Å². The van der Waals surface area contributed by atoms with Crippen molar-refractivity contribution >= 4 is 0 Å². The molecule has 0 aliphatic heterocycles. The standard InChI is InChI=1S/C27H25F7O2/c1-24(2,21-14-19(28)12-13-22(21)36-3)16-25(35,27(32,33)34)15-18-10-7-11-20(23(18)26(29,30)31)17-8-5-4-6-9-17/h4-14,35H,15-16H2,1-3H3. The first-order valence-electron chi connectivity index (χ1n) is 11.0. The molecule has 0 aliphatic rings. The molecule has 9 heteroatoms. The van der Waals surface area contributed by atoms with Crippen molar-refractivity contribution < 1.29 is 40.6 Å². The van der Waals surface area contributed by atoms with Crippen LogP contribution in [0.2, 0.25) is 0 Å². The summed E-state index contributed by atoms with van der Waals surface area (Å²) in [7, 11) is 1.26. The second-order valence-corrected chi connectivity index (χ2v) is 9.31. The third kappa shape index (κ3) is 5.67. The lowest BCUT2D eigenvalue weighted by atomic mass is 9.72. The summed E-state index contributed by atoms with van der Waals surface area (Å²) >= 11 is 0. The monoisotopic (exact) mass is 514 g/mol. The lowest BCUT2D eigenvalue weighted by Crippen LogP contribution is -2.51. The van der Waals surface area contributed by atoms with Gasteiger partial charge in [0.1, 0.15) is 11.6 Å². The molecule has 0 heterocycles. The zero-order valence-electron chi connectivity index (χ0n) is 19.8. The van der Waals surface area contributed by atoms with Crippen LogP contribution in [0.3, 0.4) is 0 Å². The molecule has 0 aromatic heterocycles. The van der Waals surface area contributed by atoms with Crippen LogP contribution in [0.25, 0.3) is 11.1 Å². The molecule has 2 nitrogen and oxygen atoms in total. The van der Waals surface area contributed by atoms with Crippen molar-refractivity contribution in [3.8, 4) is 16.9 Å². The Morgan fingerprint density at radius 3 is 2.03 bits per heavy atom. The highest BCUT2D eigenvalue weighted by Crippen LogP contribution is 2.47. The van der Waals surface area contributed by atoms with Crippen LogP contribution in [0.15, 0.2) is 66.7 Å². The number of halogens is 7. The van der Waals surface area contributed by atoms with Crippen LogP contribution in [0, 0.1) is 5.82 Å². The lowest BCUT2D eigenvalue weighted by Gasteiger charge is -2.39. The molecule has 0 spiro atoms. The van der Waals surface area contributed by atoms with E-state index in [-0.39, 0.29) is 22.4 Å². The maximum Gasteiger partial charge on any atom is 0.417 e. The molecule has 3 rings (SSSR count). The highest BCUT2D eigenvalue weighted by Gasteiger charge is 2.57. The van der Waals surface area contributed by atoms with Crippen molar-refractivity contribution in [1.82, 2.24) is 0 Å². The first-order valence-corrected chi connectivity index (χ1v) is 11.0. The van der Waals surface area contributed by atoms with Crippen molar-refractivity contribution in [3.05, 3.63) is 89.2 Å². The minimum atomic E-state index is -5.30. The highest BCUT2D eigenvalue weighted by atomic mass is 19.4. The number of rotatable bonds is 7. The average Bonchev–Trinajstić information content (AvgIpc) is 2.77. The summed E-state index contributed by atoms with van der Waals surface area (Å²) in [5.41, 5.74) is -7.13. The predicted molar refractivity (Wildman–Crippen MR) is 122 cm³/mol. The number of hydrogen-bond donors (Lipinski definition) is 1. The number of hydrogen-bond acceptors (Lipinski definition) is 2. The summed E-state index contributed by atoms with van der Waals surface area (Å²) in [5.74, 6) is -0.641. The molecule has 1 N–H and O–H groups in total. The van der Waals surface area contributed by atoms with E-state index in [1.165, 1.54) is 63.4 Å². The van der Waals surface area contributed by atoms with Crippen LogP contribution >= 0.6 is 0 Å². The Balaban J connectivity index is 2.14. The lowest BCUT2D eigenvalue weighted by molar-refractivity contribution is -0.266. The second-order valence-electron chi connectivity index (χ2n) is 9.31. The molecule has 194 valence electrons. The fourth-order valence-corrected chi connectivity index (χ4v) is 4.55. The zero-order valence-corrected chi connectivity index (χ0v) is 19.8. The van der Waals surface area contributed by atoms with E-state index in [0.717, 1.165) is 18.2 Å². The van der Waals surface area contributed by atoms with Gasteiger partial charge in [-0.25, -0.2) is 4.39 Å². The second kappa shape index (κ2) is 9.76. The highest BCUT2D eigenvalue weighted by molar-refractivity contribution is 5.69. The molecule has 0 saturated heterocycles. The summed E-state index contributed by atoms with van der Waals surface area (Å²) in [6.45, 7) is 2.68. The van der Waals surface area contributed by atoms with Gasteiger partial charge in [0, 0.05) is 12.0 Å². The number of benzene rings is 3. The Bertz CT molecular complexity index is 1200. The fourth-order valence-electron chi connectivity index (χ4n) is 4.55. The molecule has 0 bridgehead atoms. The van der Waals surface area contributed by atoms with E-state index >= 15 is 0 Å². The summed E-state index contributed by atoms with van der Waals surface area (Å²) in [4.78, 5) is 0. The Morgan fingerprint density at radius 1 is 0.833 bits per heavy atom. The van der Waals surface area contributed by atoms with Gasteiger partial charge in [-0.15, -0.1) is 0 Å². The first kappa shape index (κ1) is 27.5. The molecule has 0 aliphatic carbocycles. The molecule has 0 fully saturated rings. The van der Waals surface area contributed by atoms with Crippen molar-refractivity contribution in [1.29, 1.82) is 0 Å². The van der Waals surface area contributed by atoms with E-state index in [0.29, 0.717) is 0 Å². The maximum absolute atomic E-state index is 14.3. The van der Waals surface area contributed by atoms with Crippen LogP contribution in [-0.2, 0) is 18.0 Å². The smallest absolute Gasteiger partial charge is 0.417 e. The molecule has 1 unspecified atom stereocenters. The number of ether oxygens (including phenoxy) is 1. The molecule has 0 radical (unpaired) electrons. The quantitative estimate of drug-likeness (QED) is 0.327. The normalized spacial score (nSPS) is 14.4. The summed E-state index contributed by atoms with van der Waals surface area (Å²) in [5, 5.41) is 11.0. The van der Waals surface area contributed by atoms with Gasteiger partial charge in [0.15, 0.2) is 5.60 Å². The largest absolute Gasteiger partial charge is 0.496 e. The van der Waals surface area contributed by atoms with Gasteiger partial charge in [-0.2, -0.15) is 26.3 Å². The third-order valence-electron chi connectivity index (χ3n) is 6.15. The van der Waals surface area contributed by atoms with Gasteiger partial charge in [-0.1, -0.05) is 62.4 Å². The van der Waals surface area contributed by atoms with E-state index in [1.807, 2.05) is 0 Å². The molecule has 0 amide bonds. The summed E-state index contributed by atoms with van der Waals surface area (Å²) in [6.07, 6.45) is -12.7. The van der Waals surface area contributed by atoms with Gasteiger partial charge in [0.05, 0.1) is 12.7 Å². The number of aliphatic hydroxyl groups is 1. The van der Waals surface area contributed by atoms with Crippen molar-refractivity contribution in [2.75, 3.05) is 7.11 Å². The number of alkyl halides is 6. The van der Waals surface area contributed by atoms with Gasteiger partial charge in [0.25, 0.3) is 0 Å². The SMILES string of the molecule is COc1ccc(F)cc1C(C)(C)CC(O)(Cc1cccc(-c2ccccc2)c1C(F)(F)F)C(F)(F)F. The minimum Gasteiger partial charge on any atom is -0.496 e. The van der Waals surface area contributed by atoms with Gasteiger partial charge in [0.2, 0.25) is 0 Å². The number of methoxy groups -OCH3 is 1. The Morgan fingerprint density at radius 2 is 1.47 bits per heavy atom. The zero-order chi connectivity index (χ0) is 26.9. The fraction of sp³-hybridized carbons (Fsp3) is 0.333. The van der Waals surface area contributed by atoms with E-state index in [9.17, 15) is 35.8 Å². The van der Waals surface area contributed by atoms with E-state index in [2.05, 4.69) is 0 Å². The first-order chi connectivity index (χ1) is 16.6. The summed E-state index contributed by atoms with van der Waals surface area (Å²) in [6, 6.07) is 14.1. The Labute approximate surface area is 204 Å². The molecule has 3 aromatic carbocycles. The van der Waals surface area contributed by atoms with Crippen LogP contribution < -0.4 is 4.74 Å². The van der Waals surface area contributed by atoms with E-state index < -0.39 is 53.2 Å². The van der Waals surface area contributed by atoms with Gasteiger partial charge in [-0.3, -0.25) is 0 Å². The molecular weight excluding hydrogens is 489 g/mol. The van der Waals surface area contributed by atoms with Gasteiger partial charge < -0.3 is 9.84 Å². The molecule has 0 saturated carbocycles. The van der Waals surface area contributed by atoms with Crippen LogP contribution in [0.4, 0.5) is 30.7 Å². The third-order valence-corrected chi connectivity index (χ3v) is 6.15. The van der Waals surface area contributed by atoms with Crippen molar-refractivity contribution in [3.63, 3.8) is 0 Å². The Kier molecular flexibility index (Phi) is 7.46. The predicted octanol–water partition coefficient (Wildman–Crippen LogP) is 7.72.